The second-order valence-corrected chi connectivity index (χ2v) is 11.7. The van der Waals surface area contributed by atoms with E-state index in [0.717, 1.165) is 5.56 Å². The molecular formula is C32H35F3N4O2. The number of halogens is 3. The van der Waals surface area contributed by atoms with Crippen LogP contribution in [-0.2, 0) is 41.3 Å². The lowest BCUT2D eigenvalue weighted by Gasteiger charge is -2.33. The molecule has 1 saturated heterocycles. The first-order chi connectivity index (χ1) is 19.4. The first kappa shape index (κ1) is 28.8. The fourth-order valence-corrected chi connectivity index (χ4v) is 4.95. The molecule has 41 heavy (non-hydrogen) atoms. The van der Waals surface area contributed by atoms with Gasteiger partial charge in [-0.15, -0.1) is 0 Å². The number of nitrogens with zero attached hydrogens (tertiary/aromatic N) is 4. The van der Waals surface area contributed by atoms with E-state index in [2.05, 4.69) is 30.9 Å². The maximum Gasteiger partial charge on any atom is 0.346 e. The van der Waals surface area contributed by atoms with E-state index in [4.69, 9.17) is 4.74 Å². The van der Waals surface area contributed by atoms with Crippen LogP contribution >= 0.6 is 0 Å². The second kappa shape index (κ2) is 10.9. The van der Waals surface area contributed by atoms with Crippen LogP contribution in [-0.4, -0.2) is 32.5 Å². The van der Waals surface area contributed by atoms with E-state index in [-0.39, 0.29) is 42.8 Å². The SMILES string of the molecule is CCn1c(CCC(F)(F)c2ccc(-c3ccc(C4(F)COC4)cn3)cc2)nn(Cc2ccc(C(C)(C)C)cc2)c1=O. The predicted molar refractivity (Wildman–Crippen MR) is 152 cm³/mol. The maximum atomic E-state index is 15.2. The molecule has 0 aliphatic carbocycles. The number of hydrogen-bond acceptors (Lipinski definition) is 4. The number of ether oxygens (including phenoxy) is 1. The van der Waals surface area contributed by atoms with Crippen molar-refractivity contribution in [3.8, 4) is 11.3 Å². The van der Waals surface area contributed by atoms with Gasteiger partial charge in [0.05, 0.1) is 25.5 Å². The van der Waals surface area contributed by atoms with Crippen molar-refractivity contribution in [3.63, 3.8) is 0 Å². The van der Waals surface area contributed by atoms with Gasteiger partial charge < -0.3 is 4.74 Å². The third-order valence-electron chi connectivity index (χ3n) is 7.68. The minimum absolute atomic E-state index is 0.0118. The Kier molecular flexibility index (Phi) is 7.68. The summed E-state index contributed by atoms with van der Waals surface area (Å²) in [7, 11) is 0. The van der Waals surface area contributed by atoms with E-state index in [1.54, 1.807) is 31.2 Å². The Bertz CT molecular complexity index is 1550. The Labute approximate surface area is 237 Å². The van der Waals surface area contributed by atoms with Crippen molar-refractivity contribution in [1.82, 2.24) is 19.3 Å². The fourth-order valence-electron chi connectivity index (χ4n) is 4.95. The number of rotatable bonds is 9. The molecule has 6 nitrogen and oxygen atoms in total. The van der Waals surface area contributed by atoms with Gasteiger partial charge in [-0.3, -0.25) is 9.55 Å². The molecule has 1 fully saturated rings. The molecule has 0 radical (unpaired) electrons. The lowest BCUT2D eigenvalue weighted by Crippen LogP contribution is -2.42. The van der Waals surface area contributed by atoms with E-state index in [1.807, 2.05) is 24.3 Å². The number of pyridine rings is 1. The zero-order valence-electron chi connectivity index (χ0n) is 23.8. The molecule has 4 aromatic rings. The van der Waals surface area contributed by atoms with Crippen LogP contribution in [0.4, 0.5) is 13.2 Å². The monoisotopic (exact) mass is 564 g/mol. The topological polar surface area (TPSA) is 61.9 Å². The van der Waals surface area contributed by atoms with Crippen molar-refractivity contribution < 1.29 is 17.9 Å². The van der Waals surface area contributed by atoms with Crippen molar-refractivity contribution in [2.24, 2.45) is 0 Å². The number of alkyl halides is 3. The average Bonchev–Trinajstić information content (AvgIpc) is 3.24. The summed E-state index contributed by atoms with van der Waals surface area (Å²) in [6, 6.07) is 17.3. The molecule has 216 valence electrons. The molecule has 9 heteroatoms. The average molecular weight is 565 g/mol. The molecule has 0 spiro atoms. The van der Waals surface area contributed by atoms with E-state index in [1.165, 1.54) is 33.1 Å². The Balaban J connectivity index is 1.26. The van der Waals surface area contributed by atoms with Crippen LogP contribution in [0, 0.1) is 0 Å². The van der Waals surface area contributed by atoms with Crippen molar-refractivity contribution >= 4 is 0 Å². The van der Waals surface area contributed by atoms with Gasteiger partial charge >= 0.3 is 5.69 Å². The molecule has 3 heterocycles. The Morgan fingerprint density at radius 3 is 2.15 bits per heavy atom. The lowest BCUT2D eigenvalue weighted by molar-refractivity contribution is -0.135. The molecule has 0 saturated carbocycles. The molecule has 1 aliphatic heterocycles. The summed E-state index contributed by atoms with van der Waals surface area (Å²) in [5, 5.41) is 4.42. The summed E-state index contributed by atoms with van der Waals surface area (Å²) >= 11 is 0. The van der Waals surface area contributed by atoms with Gasteiger partial charge in [0.2, 0.25) is 0 Å². The summed E-state index contributed by atoms with van der Waals surface area (Å²) < 4.78 is 52.7. The highest BCUT2D eigenvalue weighted by atomic mass is 19.3. The quantitative estimate of drug-likeness (QED) is 0.236. The molecule has 0 bridgehead atoms. The number of aromatic nitrogens is 4. The van der Waals surface area contributed by atoms with E-state index < -0.39 is 18.0 Å². The zero-order valence-corrected chi connectivity index (χ0v) is 23.8. The molecule has 0 unspecified atom stereocenters. The first-order valence-corrected chi connectivity index (χ1v) is 13.9. The van der Waals surface area contributed by atoms with Crippen LogP contribution in [0.25, 0.3) is 11.3 Å². The minimum Gasteiger partial charge on any atom is -0.374 e. The summed E-state index contributed by atoms with van der Waals surface area (Å²) in [4.78, 5) is 17.3. The van der Waals surface area contributed by atoms with Gasteiger partial charge in [-0.2, -0.15) is 5.10 Å². The Morgan fingerprint density at radius 1 is 0.951 bits per heavy atom. The van der Waals surface area contributed by atoms with Crippen molar-refractivity contribution in [3.05, 3.63) is 105 Å². The third-order valence-corrected chi connectivity index (χ3v) is 7.68. The van der Waals surface area contributed by atoms with Gasteiger partial charge in [-0.1, -0.05) is 75.4 Å². The van der Waals surface area contributed by atoms with Crippen molar-refractivity contribution in [1.29, 1.82) is 0 Å². The Hall–Kier alpha value is -3.72. The standard InChI is InChI=1S/C32H35F3N4O2/c1-5-38-28(37-39(29(38)40)19-22-6-10-24(11-7-22)30(2,3)4)16-17-32(34,35)25-12-8-23(9-13-25)27-15-14-26(18-36-27)31(33)20-41-21-31/h6-15,18H,5,16-17,19-21H2,1-4H3. The normalized spacial score (nSPS) is 15.1. The van der Waals surface area contributed by atoms with Gasteiger partial charge in [0.15, 0.2) is 5.67 Å². The summed E-state index contributed by atoms with van der Waals surface area (Å²) in [5.74, 6) is -2.78. The third kappa shape index (κ3) is 6.00. The molecular weight excluding hydrogens is 529 g/mol. The molecule has 1 aliphatic rings. The van der Waals surface area contributed by atoms with E-state index >= 15 is 8.78 Å². The maximum absolute atomic E-state index is 15.2. The molecule has 0 atom stereocenters. The van der Waals surface area contributed by atoms with Crippen LogP contribution in [0.5, 0.6) is 0 Å². The van der Waals surface area contributed by atoms with Gasteiger partial charge in [-0.25, -0.2) is 22.6 Å². The van der Waals surface area contributed by atoms with Gasteiger partial charge in [0.1, 0.15) is 5.82 Å². The van der Waals surface area contributed by atoms with Crippen LogP contribution < -0.4 is 5.69 Å². The van der Waals surface area contributed by atoms with Crippen molar-refractivity contribution in [2.45, 2.75) is 70.6 Å². The van der Waals surface area contributed by atoms with E-state index in [0.29, 0.717) is 29.2 Å². The zero-order chi connectivity index (χ0) is 29.4. The molecule has 2 aromatic carbocycles. The summed E-state index contributed by atoms with van der Waals surface area (Å²) in [6.07, 6.45) is 0.926. The van der Waals surface area contributed by atoms with Crippen LogP contribution in [0.2, 0.25) is 0 Å². The minimum atomic E-state index is -3.12. The van der Waals surface area contributed by atoms with Gasteiger partial charge in [0.25, 0.3) is 5.92 Å². The highest BCUT2D eigenvalue weighted by Crippen LogP contribution is 2.36. The fraction of sp³-hybridized carbons (Fsp3) is 0.406. The molecule has 5 rings (SSSR count). The van der Waals surface area contributed by atoms with Gasteiger partial charge in [0, 0.05) is 42.3 Å². The highest BCUT2D eigenvalue weighted by Gasteiger charge is 2.41. The van der Waals surface area contributed by atoms with Crippen LogP contribution in [0.15, 0.2) is 71.7 Å². The molecule has 2 aromatic heterocycles. The smallest absolute Gasteiger partial charge is 0.346 e. The largest absolute Gasteiger partial charge is 0.374 e. The van der Waals surface area contributed by atoms with Crippen LogP contribution in [0.1, 0.15) is 62.2 Å². The predicted octanol–water partition coefficient (Wildman–Crippen LogP) is 6.39. The van der Waals surface area contributed by atoms with Crippen LogP contribution in [0.3, 0.4) is 0 Å². The van der Waals surface area contributed by atoms with Gasteiger partial charge in [-0.05, 0) is 29.5 Å². The highest BCUT2D eigenvalue weighted by molar-refractivity contribution is 5.60. The molecule has 0 N–H and O–H groups in total. The summed E-state index contributed by atoms with van der Waals surface area (Å²) in [6.45, 7) is 8.86. The van der Waals surface area contributed by atoms with Crippen molar-refractivity contribution in [2.75, 3.05) is 13.2 Å². The lowest BCUT2D eigenvalue weighted by atomic mass is 9.87. The molecule has 0 amide bonds. The number of hydrogen-bond donors (Lipinski definition) is 0. The number of aryl methyl sites for hydroxylation is 1. The number of benzene rings is 2. The first-order valence-electron chi connectivity index (χ1n) is 13.9. The Morgan fingerprint density at radius 2 is 1.61 bits per heavy atom. The summed E-state index contributed by atoms with van der Waals surface area (Å²) in [5.41, 5.74) is 1.85. The second-order valence-electron chi connectivity index (χ2n) is 11.7. The van der Waals surface area contributed by atoms with E-state index in [9.17, 15) is 9.18 Å².